The third-order valence-corrected chi connectivity index (χ3v) is 8.33. The number of allylic oxidation sites excluding steroid dienone is 1. The number of fused-ring (bicyclic) bond motifs is 4. The Morgan fingerprint density at radius 3 is 1.93 bits per heavy atom. The zero-order valence-corrected chi connectivity index (χ0v) is 23.6. The molecule has 3 nitrogen and oxygen atoms in total. The number of hydrogen-bond donors (Lipinski definition) is 0. The predicted octanol–water partition coefficient (Wildman–Crippen LogP) is 9.74. The molecule has 6 aromatic rings. The predicted molar refractivity (Wildman–Crippen MR) is 172 cm³/mol. The van der Waals surface area contributed by atoms with Crippen molar-refractivity contribution < 1.29 is 0 Å². The summed E-state index contributed by atoms with van der Waals surface area (Å²) in [6, 6.07) is 36.2. The lowest BCUT2D eigenvalue weighted by atomic mass is 9.82. The Balaban J connectivity index is 1.57. The SMILES string of the molecule is C=Cc1c(/C=C\C)n(-c2nc(-c3ccccc3)cc(-c3ccccc3)n2)c2cc3c(cc12)-c1ccccc1C3(C)C. The van der Waals surface area contributed by atoms with Crippen LogP contribution in [-0.2, 0) is 5.41 Å². The molecular formula is C38H31N3. The lowest BCUT2D eigenvalue weighted by molar-refractivity contribution is 0.661. The van der Waals surface area contributed by atoms with E-state index in [1.807, 2.05) is 25.1 Å². The molecular weight excluding hydrogens is 498 g/mol. The highest BCUT2D eigenvalue weighted by molar-refractivity contribution is 6.00. The van der Waals surface area contributed by atoms with E-state index in [1.165, 1.54) is 22.3 Å². The molecule has 0 radical (unpaired) electrons. The summed E-state index contributed by atoms with van der Waals surface area (Å²) >= 11 is 0. The van der Waals surface area contributed by atoms with E-state index in [0.29, 0.717) is 5.95 Å². The van der Waals surface area contributed by atoms with E-state index in [-0.39, 0.29) is 5.41 Å². The van der Waals surface area contributed by atoms with Crippen molar-refractivity contribution in [3.8, 4) is 39.6 Å². The number of benzene rings is 4. The number of aromatic nitrogens is 3. The molecule has 41 heavy (non-hydrogen) atoms. The highest BCUT2D eigenvalue weighted by Crippen LogP contribution is 2.50. The van der Waals surface area contributed by atoms with Crippen molar-refractivity contribution in [2.75, 3.05) is 0 Å². The second-order valence-electron chi connectivity index (χ2n) is 11.1. The molecule has 1 aliphatic carbocycles. The van der Waals surface area contributed by atoms with Crippen LogP contribution in [0.3, 0.4) is 0 Å². The summed E-state index contributed by atoms with van der Waals surface area (Å²) in [7, 11) is 0. The van der Waals surface area contributed by atoms with E-state index < -0.39 is 0 Å². The van der Waals surface area contributed by atoms with E-state index in [9.17, 15) is 0 Å². The molecule has 0 saturated carbocycles. The summed E-state index contributed by atoms with van der Waals surface area (Å²) in [5.41, 5.74) is 12.2. The molecule has 0 bridgehead atoms. The first-order valence-electron chi connectivity index (χ1n) is 14.1. The van der Waals surface area contributed by atoms with E-state index in [1.54, 1.807) is 0 Å². The lowest BCUT2D eigenvalue weighted by Gasteiger charge is -2.21. The summed E-state index contributed by atoms with van der Waals surface area (Å²) in [5.74, 6) is 0.643. The molecule has 0 unspecified atom stereocenters. The molecule has 0 N–H and O–H groups in total. The van der Waals surface area contributed by atoms with Gasteiger partial charge in [-0.2, -0.15) is 0 Å². The summed E-state index contributed by atoms with van der Waals surface area (Å²) in [6.07, 6.45) is 6.18. The Labute approximate surface area is 241 Å². The molecule has 1 aliphatic rings. The van der Waals surface area contributed by atoms with Gasteiger partial charge in [0.1, 0.15) is 0 Å². The molecule has 0 atom stereocenters. The second-order valence-corrected chi connectivity index (χ2v) is 11.1. The highest BCUT2D eigenvalue weighted by atomic mass is 15.2. The highest BCUT2D eigenvalue weighted by Gasteiger charge is 2.36. The second kappa shape index (κ2) is 9.57. The maximum Gasteiger partial charge on any atom is 0.235 e. The summed E-state index contributed by atoms with van der Waals surface area (Å²) in [6.45, 7) is 10.9. The third kappa shape index (κ3) is 3.88. The fourth-order valence-electron chi connectivity index (χ4n) is 6.33. The van der Waals surface area contributed by atoms with Gasteiger partial charge < -0.3 is 0 Å². The zero-order valence-electron chi connectivity index (χ0n) is 23.6. The Morgan fingerprint density at radius 1 is 0.707 bits per heavy atom. The van der Waals surface area contributed by atoms with Crippen LogP contribution >= 0.6 is 0 Å². The van der Waals surface area contributed by atoms with Crippen LogP contribution < -0.4 is 0 Å². The van der Waals surface area contributed by atoms with Crippen LogP contribution in [0.5, 0.6) is 0 Å². The van der Waals surface area contributed by atoms with Gasteiger partial charge in [0.05, 0.1) is 22.6 Å². The van der Waals surface area contributed by atoms with E-state index in [0.717, 1.165) is 44.7 Å². The molecule has 198 valence electrons. The van der Waals surface area contributed by atoms with Gasteiger partial charge in [-0.25, -0.2) is 9.97 Å². The van der Waals surface area contributed by atoms with Crippen molar-refractivity contribution in [1.82, 2.24) is 14.5 Å². The van der Waals surface area contributed by atoms with Gasteiger partial charge in [-0.15, -0.1) is 0 Å². The normalized spacial score (nSPS) is 13.4. The van der Waals surface area contributed by atoms with Gasteiger partial charge >= 0.3 is 0 Å². The summed E-state index contributed by atoms with van der Waals surface area (Å²) in [5, 5.41) is 1.15. The Bertz CT molecular complexity index is 1920. The van der Waals surface area contributed by atoms with Crippen molar-refractivity contribution in [2.45, 2.75) is 26.2 Å². The van der Waals surface area contributed by atoms with E-state index >= 15 is 0 Å². The quantitative estimate of drug-likeness (QED) is 0.222. The summed E-state index contributed by atoms with van der Waals surface area (Å²) < 4.78 is 2.21. The minimum absolute atomic E-state index is 0.119. The molecule has 2 heterocycles. The molecule has 2 aromatic heterocycles. The van der Waals surface area contributed by atoms with Gasteiger partial charge in [-0.05, 0) is 53.5 Å². The minimum Gasteiger partial charge on any atom is -0.278 e. The van der Waals surface area contributed by atoms with Crippen LogP contribution in [-0.4, -0.2) is 14.5 Å². The summed E-state index contributed by atoms with van der Waals surface area (Å²) in [4.78, 5) is 10.4. The molecule has 0 aliphatic heterocycles. The largest absolute Gasteiger partial charge is 0.278 e. The average Bonchev–Trinajstić information content (AvgIpc) is 3.44. The van der Waals surface area contributed by atoms with E-state index in [4.69, 9.17) is 9.97 Å². The smallest absolute Gasteiger partial charge is 0.235 e. The fraction of sp³-hybridized carbons (Fsp3) is 0.105. The monoisotopic (exact) mass is 529 g/mol. The van der Waals surface area contributed by atoms with Gasteiger partial charge in [-0.3, -0.25) is 4.57 Å². The number of nitrogens with zero attached hydrogens (tertiary/aromatic N) is 3. The van der Waals surface area contributed by atoms with Crippen LogP contribution in [0.4, 0.5) is 0 Å². The maximum absolute atomic E-state index is 5.19. The van der Waals surface area contributed by atoms with Crippen molar-refractivity contribution in [1.29, 1.82) is 0 Å². The number of hydrogen-bond acceptors (Lipinski definition) is 2. The standard InChI is InChI=1S/C38H31N3/c1-5-15-35-27(6-2)30-22-29-28-20-13-14-21-31(28)38(3,4)32(29)23-36(30)41(35)37-39-33(25-16-9-7-10-17-25)24-34(40-37)26-18-11-8-12-19-26/h5-24H,2H2,1,3-4H3/b15-5-. The molecule has 0 amide bonds. The van der Waals surface area contributed by atoms with Crippen LogP contribution in [0.2, 0.25) is 0 Å². The average molecular weight is 530 g/mol. The Hall–Kier alpha value is -5.02. The first kappa shape index (κ1) is 25.0. The van der Waals surface area contributed by atoms with Crippen molar-refractivity contribution in [3.63, 3.8) is 0 Å². The van der Waals surface area contributed by atoms with Gasteiger partial charge in [-0.1, -0.05) is 118 Å². The lowest BCUT2D eigenvalue weighted by Crippen LogP contribution is -2.15. The molecule has 0 spiro atoms. The van der Waals surface area contributed by atoms with Gasteiger partial charge in [0.25, 0.3) is 0 Å². The van der Waals surface area contributed by atoms with Crippen LogP contribution in [0.1, 0.15) is 43.2 Å². The first-order valence-corrected chi connectivity index (χ1v) is 14.1. The van der Waals surface area contributed by atoms with Crippen molar-refractivity contribution in [2.24, 2.45) is 0 Å². The Morgan fingerprint density at radius 2 is 1.32 bits per heavy atom. The molecule has 3 heteroatoms. The molecule has 0 fully saturated rings. The van der Waals surface area contributed by atoms with Gasteiger partial charge in [0, 0.05) is 27.5 Å². The van der Waals surface area contributed by atoms with Gasteiger partial charge in [0.15, 0.2) is 0 Å². The van der Waals surface area contributed by atoms with Crippen molar-refractivity contribution >= 4 is 23.1 Å². The third-order valence-electron chi connectivity index (χ3n) is 8.33. The van der Waals surface area contributed by atoms with E-state index in [2.05, 4.69) is 128 Å². The van der Waals surface area contributed by atoms with Gasteiger partial charge in [0.2, 0.25) is 5.95 Å². The minimum atomic E-state index is -0.119. The zero-order chi connectivity index (χ0) is 28.1. The maximum atomic E-state index is 5.19. The van der Waals surface area contributed by atoms with Crippen LogP contribution in [0.15, 0.2) is 116 Å². The van der Waals surface area contributed by atoms with Crippen molar-refractivity contribution in [3.05, 3.63) is 138 Å². The first-order chi connectivity index (χ1) is 20.0. The number of rotatable bonds is 5. The van der Waals surface area contributed by atoms with Crippen LogP contribution in [0, 0.1) is 0 Å². The Kier molecular flexibility index (Phi) is 5.83. The fourth-order valence-corrected chi connectivity index (χ4v) is 6.33. The molecule has 7 rings (SSSR count). The van der Waals surface area contributed by atoms with Crippen LogP contribution in [0.25, 0.3) is 62.6 Å². The molecule has 0 saturated heterocycles. The molecule has 4 aromatic carbocycles. The topological polar surface area (TPSA) is 30.7 Å².